The zero-order chi connectivity index (χ0) is 16.4. The van der Waals surface area contributed by atoms with Crippen LogP contribution >= 0.6 is 11.3 Å². The fraction of sp³-hybridized carbons (Fsp3) is 0.412. The summed E-state index contributed by atoms with van der Waals surface area (Å²) in [5, 5.41) is 2.59. The molecule has 1 aromatic heterocycles. The summed E-state index contributed by atoms with van der Waals surface area (Å²) in [5.41, 5.74) is 7.66. The van der Waals surface area contributed by atoms with Crippen LogP contribution in [-0.2, 0) is 6.61 Å². The molecule has 2 heterocycles. The van der Waals surface area contributed by atoms with Gasteiger partial charge >= 0.3 is 0 Å². The summed E-state index contributed by atoms with van der Waals surface area (Å²) in [4.78, 5) is 18.7. The van der Waals surface area contributed by atoms with Gasteiger partial charge in [0.15, 0.2) is 0 Å². The monoisotopic (exact) mass is 331 g/mol. The Kier molecular flexibility index (Phi) is 4.63. The Balaban J connectivity index is 1.61. The van der Waals surface area contributed by atoms with Crippen LogP contribution in [-0.4, -0.2) is 34.4 Å². The van der Waals surface area contributed by atoms with Gasteiger partial charge in [-0.3, -0.25) is 4.79 Å². The number of aryl methyl sites for hydroxylation is 1. The van der Waals surface area contributed by atoms with Crippen molar-refractivity contribution in [3.63, 3.8) is 0 Å². The molecule has 5 nitrogen and oxygen atoms in total. The Morgan fingerprint density at radius 2 is 2.17 bits per heavy atom. The van der Waals surface area contributed by atoms with Crippen molar-refractivity contribution < 1.29 is 9.53 Å². The highest BCUT2D eigenvalue weighted by Crippen LogP contribution is 2.21. The second kappa shape index (κ2) is 6.68. The minimum absolute atomic E-state index is 0.0386. The van der Waals surface area contributed by atoms with E-state index >= 15 is 0 Å². The number of hydrogen-bond donors (Lipinski definition) is 1. The van der Waals surface area contributed by atoms with Crippen LogP contribution in [0, 0.1) is 6.92 Å². The maximum atomic E-state index is 12.5. The lowest BCUT2D eigenvalue weighted by atomic mass is 10.2. The number of amides is 1. The summed E-state index contributed by atoms with van der Waals surface area (Å²) < 4.78 is 5.71. The Labute approximate surface area is 140 Å². The number of carbonyl (C=O) groups excluding carboxylic acids is 1. The molecule has 2 atom stereocenters. The van der Waals surface area contributed by atoms with Crippen LogP contribution in [0.2, 0.25) is 0 Å². The number of benzene rings is 1. The molecule has 1 amide bonds. The van der Waals surface area contributed by atoms with E-state index in [4.69, 9.17) is 10.5 Å². The van der Waals surface area contributed by atoms with Gasteiger partial charge < -0.3 is 15.4 Å². The summed E-state index contributed by atoms with van der Waals surface area (Å²) in [7, 11) is 0. The number of nitrogens with two attached hydrogens (primary N) is 1. The van der Waals surface area contributed by atoms with Gasteiger partial charge in [-0.05, 0) is 32.4 Å². The number of carbonyl (C=O) groups is 1. The summed E-state index contributed by atoms with van der Waals surface area (Å²) in [6.07, 6.45) is 0.848. The Hall–Kier alpha value is -1.92. The number of rotatable bonds is 4. The normalized spacial score (nSPS) is 20.7. The van der Waals surface area contributed by atoms with Gasteiger partial charge in [0.2, 0.25) is 0 Å². The third-order valence-corrected chi connectivity index (χ3v) is 5.05. The Morgan fingerprint density at radius 3 is 2.83 bits per heavy atom. The highest BCUT2D eigenvalue weighted by Gasteiger charge is 2.32. The zero-order valence-corrected chi connectivity index (χ0v) is 14.2. The van der Waals surface area contributed by atoms with Gasteiger partial charge in [0, 0.05) is 24.0 Å². The van der Waals surface area contributed by atoms with Crippen LogP contribution in [0.3, 0.4) is 0 Å². The Morgan fingerprint density at radius 1 is 1.43 bits per heavy atom. The SMILES string of the molecule is Cc1ccc(OCc2nc(C(=O)N3CC[C@@H](N)[C@H]3C)cs2)cc1. The molecule has 0 unspecified atom stereocenters. The van der Waals surface area contributed by atoms with E-state index in [1.165, 1.54) is 16.9 Å². The second-order valence-corrected chi connectivity index (χ2v) is 6.86. The van der Waals surface area contributed by atoms with Crippen LogP contribution in [0.25, 0.3) is 0 Å². The van der Waals surface area contributed by atoms with Crippen molar-refractivity contribution in [2.75, 3.05) is 6.54 Å². The molecule has 2 N–H and O–H groups in total. The van der Waals surface area contributed by atoms with E-state index in [0.717, 1.165) is 17.2 Å². The maximum Gasteiger partial charge on any atom is 0.273 e. The molecule has 0 saturated carbocycles. The summed E-state index contributed by atoms with van der Waals surface area (Å²) >= 11 is 1.45. The molecule has 1 aliphatic heterocycles. The lowest BCUT2D eigenvalue weighted by Crippen LogP contribution is -2.40. The number of likely N-dealkylation sites (tertiary alicyclic amines) is 1. The molecule has 0 bridgehead atoms. The van der Waals surface area contributed by atoms with Gasteiger partial charge in [0.05, 0.1) is 0 Å². The van der Waals surface area contributed by atoms with Crippen LogP contribution < -0.4 is 10.5 Å². The molecule has 1 fully saturated rings. The van der Waals surface area contributed by atoms with E-state index in [2.05, 4.69) is 4.98 Å². The molecule has 6 heteroatoms. The molecular formula is C17H21N3O2S. The number of ether oxygens (including phenoxy) is 1. The van der Waals surface area contributed by atoms with Crippen LogP contribution in [0.5, 0.6) is 5.75 Å². The highest BCUT2D eigenvalue weighted by molar-refractivity contribution is 7.09. The van der Waals surface area contributed by atoms with Gasteiger partial charge in [-0.15, -0.1) is 11.3 Å². The summed E-state index contributed by atoms with van der Waals surface area (Å²) in [5.74, 6) is 0.765. The molecule has 0 aliphatic carbocycles. The fourth-order valence-corrected chi connectivity index (χ4v) is 3.33. The predicted octanol–water partition coefficient (Wildman–Crippen LogP) is 2.59. The molecule has 3 rings (SSSR count). The van der Waals surface area contributed by atoms with Crippen LogP contribution in [0.1, 0.15) is 34.4 Å². The topological polar surface area (TPSA) is 68.5 Å². The molecule has 1 aliphatic rings. The Bertz CT molecular complexity index is 683. The van der Waals surface area contributed by atoms with Crippen molar-refractivity contribution in [2.45, 2.75) is 39.0 Å². The third kappa shape index (κ3) is 3.54. The van der Waals surface area contributed by atoms with E-state index in [-0.39, 0.29) is 18.0 Å². The maximum absolute atomic E-state index is 12.5. The molecule has 2 aromatic rings. The molecule has 122 valence electrons. The second-order valence-electron chi connectivity index (χ2n) is 5.92. The van der Waals surface area contributed by atoms with Crippen LogP contribution in [0.4, 0.5) is 0 Å². The number of nitrogens with zero attached hydrogens (tertiary/aromatic N) is 2. The number of hydrogen-bond acceptors (Lipinski definition) is 5. The number of thiazole rings is 1. The first-order valence-electron chi connectivity index (χ1n) is 7.75. The summed E-state index contributed by atoms with van der Waals surface area (Å²) in [6, 6.07) is 8.00. The smallest absolute Gasteiger partial charge is 0.273 e. The van der Waals surface area contributed by atoms with Crippen LogP contribution in [0.15, 0.2) is 29.6 Å². The molecule has 1 saturated heterocycles. The first-order chi connectivity index (χ1) is 11.0. The van der Waals surface area contributed by atoms with E-state index < -0.39 is 0 Å². The molecule has 0 radical (unpaired) electrons. The standard InChI is InChI=1S/C17H21N3O2S/c1-11-3-5-13(6-4-11)22-9-16-19-15(10-23-16)17(21)20-8-7-14(18)12(20)2/h3-6,10,12,14H,7-9,18H2,1-2H3/t12-,14-/m1/s1. The van der Waals surface area contributed by atoms with Crippen molar-refractivity contribution in [1.82, 2.24) is 9.88 Å². The largest absolute Gasteiger partial charge is 0.486 e. The fourth-order valence-electron chi connectivity index (χ4n) is 2.65. The minimum atomic E-state index is -0.0386. The van der Waals surface area contributed by atoms with Gasteiger partial charge in [-0.1, -0.05) is 17.7 Å². The number of aromatic nitrogens is 1. The van der Waals surface area contributed by atoms with Crippen molar-refractivity contribution in [1.29, 1.82) is 0 Å². The van der Waals surface area contributed by atoms with E-state index in [1.54, 1.807) is 5.38 Å². The molecule has 23 heavy (non-hydrogen) atoms. The lowest BCUT2D eigenvalue weighted by Gasteiger charge is -2.22. The van der Waals surface area contributed by atoms with Gasteiger partial charge in [-0.2, -0.15) is 0 Å². The van der Waals surface area contributed by atoms with Crippen molar-refractivity contribution in [3.05, 3.63) is 45.9 Å². The first-order valence-corrected chi connectivity index (χ1v) is 8.63. The highest BCUT2D eigenvalue weighted by atomic mass is 32.1. The quantitative estimate of drug-likeness (QED) is 0.935. The van der Waals surface area contributed by atoms with E-state index in [9.17, 15) is 4.79 Å². The third-order valence-electron chi connectivity index (χ3n) is 4.23. The van der Waals surface area contributed by atoms with Gasteiger partial charge in [-0.25, -0.2) is 4.98 Å². The van der Waals surface area contributed by atoms with Crippen molar-refractivity contribution in [2.24, 2.45) is 5.73 Å². The van der Waals surface area contributed by atoms with E-state index in [1.807, 2.05) is 43.0 Å². The van der Waals surface area contributed by atoms with Crippen molar-refractivity contribution in [3.8, 4) is 5.75 Å². The lowest BCUT2D eigenvalue weighted by molar-refractivity contribution is 0.0737. The average Bonchev–Trinajstić information content (AvgIpc) is 3.14. The van der Waals surface area contributed by atoms with Crippen molar-refractivity contribution >= 4 is 17.2 Å². The molecule has 0 spiro atoms. The van der Waals surface area contributed by atoms with Gasteiger partial charge in [0.25, 0.3) is 5.91 Å². The zero-order valence-electron chi connectivity index (χ0n) is 13.4. The molecule has 1 aromatic carbocycles. The van der Waals surface area contributed by atoms with Gasteiger partial charge in [0.1, 0.15) is 23.1 Å². The average molecular weight is 331 g/mol. The molecular weight excluding hydrogens is 310 g/mol. The summed E-state index contributed by atoms with van der Waals surface area (Å²) in [6.45, 7) is 5.10. The predicted molar refractivity (Wildman–Crippen MR) is 90.7 cm³/mol. The van der Waals surface area contributed by atoms with E-state index in [0.29, 0.717) is 18.8 Å². The first kappa shape index (κ1) is 16.0. The minimum Gasteiger partial charge on any atom is -0.486 e.